The molecule has 1 aliphatic heterocycles. The number of hydrogen-bond acceptors (Lipinski definition) is 7. The van der Waals surface area contributed by atoms with Crippen molar-refractivity contribution in [3.05, 3.63) is 124 Å². The van der Waals surface area contributed by atoms with Gasteiger partial charge in [-0.1, -0.05) is 114 Å². The zero-order chi connectivity index (χ0) is 25.8. The largest absolute Gasteiger partial charge is 0.503 e. The first-order chi connectivity index (χ1) is 18.0. The summed E-state index contributed by atoms with van der Waals surface area (Å²) >= 11 is 8.68. The third kappa shape index (κ3) is 5.51. The van der Waals surface area contributed by atoms with Gasteiger partial charge in [-0.25, -0.2) is 0 Å². The molecule has 0 saturated carbocycles. The van der Waals surface area contributed by atoms with Crippen LogP contribution in [0.5, 0.6) is 0 Å². The number of carbonyl (C=O) groups excluding carboxylic acids is 2. The lowest BCUT2D eigenvalue weighted by atomic mass is 9.96. The van der Waals surface area contributed by atoms with Crippen LogP contribution < -0.4 is 4.90 Å². The third-order valence-electron chi connectivity index (χ3n) is 5.69. The van der Waals surface area contributed by atoms with Gasteiger partial charge in [0.05, 0.1) is 11.6 Å². The highest BCUT2D eigenvalue weighted by atomic mass is 35.5. The van der Waals surface area contributed by atoms with Crippen LogP contribution in [0.3, 0.4) is 0 Å². The molecule has 1 unspecified atom stereocenters. The fourth-order valence-electron chi connectivity index (χ4n) is 3.91. The van der Waals surface area contributed by atoms with Crippen LogP contribution in [0.15, 0.2) is 107 Å². The van der Waals surface area contributed by atoms with Gasteiger partial charge < -0.3 is 5.11 Å². The Labute approximate surface area is 226 Å². The van der Waals surface area contributed by atoms with Gasteiger partial charge in [0, 0.05) is 10.8 Å². The molecule has 0 spiro atoms. The molecule has 0 aliphatic carbocycles. The van der Waals surface area contributed by atoms with E-state index in [-0.39, 0.29) is 5.57 Å². The molecular weight excluding hydrogens is 526 g/mol. The molecule has 37 heavy (non-hydrogen) atoms. The number of ketones is 1. The monoisotopic (exact) mass is 545 g/mol. The summed E-state index contributed by atoms with van der Waals surface area (Å²) in [5, 5.41) is 20.3. The maximum Gasteiger partial charge on any atom is 0.296 e. The van der Waals surface area contributed by atoms with Crippen molar-refractivity contribution in [3.63, 3.8) is 0 Å². The summed E-state index contributed by atoms with van der Waals surface area (Å²) < 4.78 is 0.660. The smallest absolute Gasteiger partial charge is 0.296 e. The van der Waals surface area contributed by atoms with Crippen LogP contribution in [0.25, 0.3) is 6.08 Å². The van der Waals surface area contributed by atoms with E-state index in [0.29, 0.717) is 25.8 Å². The van der Waals surface area contributed by atoms with Crippen LogP contribution in [0.4, 0.5) is 5.13 Å². The number of benzene rings is 3. The van der Waals surface area contributed by atoms with E-state index >= 15 is 0 Å². The van der Waals surface area contributed by atoms with Crippen molar-refractivity contribution in [1.29, 1.82) is 0 Å². The number of halogens is 1. The van der Waals surface area contributed by atoms with Gasteiger partial charge >= 0.3 is 0 Å². The Kier molecular flexibility index (Phi) is 7.50. The Morgan fingerprint density at radius 1 is 1.00 bits per heavy atom. The Bertz CT molecular complexity index is 1490. The van der Waals surface area contributed by atoms with Crippen LogP contribution in [0, 0.1) is 0 Å². The van der Waals surface area contributed by atoms with E-state index in [4.69, 9.17) is 11.6 Å². The number of aliphatic hydroxyl groups excluding tert-OH is 1. The molecule has 5 rings (SSSR count). The molecule has 0 radical (unpaired) electrons. The molecule has 9 heteroatoms. The summed E-state index contributed by atoms with van der Waals surface area (Å²) in [5.41, 5.74) is 2.60. The molecule has 6 nitrogen and oxygen atoms in total. The summed E-state index contributed by atoms with van der Waals surface area (Å²) in [6.07, 6.45) is 3.04. The zero-order valence-corrected chi connectivity index (χ0v) is 21.7. The normalized spacial score (nSPS) is 15.6. The van der Waals surface area contributed by atoms with Gasteiger partial charge in [-0.05, 0) is 34.9 Å². The summed E-state index contributed by atoms with van der Waals surface area (Å²) in [6, 6.07) is 25.2. The van der Waals surface area contributed by atoms with Crippen LogP contribution >= 0.6 is 34.7 Å². The molecule has 1 amide bonds. The van der Waals surface area contributed by atoms with Gasteiger partial charge in [0.15, 0.2) is 15.9 Å². The lowest BCUT2D eigenvalue weighted by Gasteiger charge is -2.23. The van der Waals surface area contributed by atoms with E-state index in [9.17, 15) is 14.7 Å². The Hall–Kier alpha value is -3.72. The number of thioether (sulfide) groups is 1. The average molecular weight is 546 g/mol. The van der Waals surface area contributed by atoms with Crippen molar-refractivity contribution in [3.8, 4) is 0 Å². The highest BCUT2D eigenvalue weighted by Crippen LogP contribution is 2.43. The molecule has 0 bridgehead atoms. The first kappa shape index (κ1) is 25.0. The predicted octanol–water partition coefficient (Wildman–Crippen LogP) is 6.67. The quantitative estimate of drug-likeness (QED) is 0.151. The number of allylic oxidation sites excluding steroid dienone is 1. The fourth-order valence-corrected chi connectivity index (χ4v) is 5.86. The van der Waals surface area contributed by atoms with Crippen LogP contribution in [-0.4, -0.2) is 27.0 Å². The molecule has 0 fully saturated rings. The van der Waals surface area contributed by atoms with Crippen LogP contribution in [-0.2, 0) is 15.3 Å². The minimum Gasteiger partial charge on any atom is -0.503 e. The van der Waals surface area contributed by atoms with Crippen molar-refractivity contribution in [2.75, 3.05) is 4.90 Å². The standard InChI is InChI=1S/C28H20ClN3O3S2/c29-21-14-11-19(12-15-21)17-36-28-31-30-27(37-28)32-24(20-9-5-2-6-10-20)23(25(34)26(32)35)22(33)16-13-18-7-3-1-4-8-18/h1-16,24,34H,17H2. The highest BCUT2D eigenvalue weighted by molar-refractivity contribution is 8.00. The fraction of sp³-hybridized carbons (Fsp3) is 0.0714. The van der Waals surface area contributed by atoms with Gasteiger partial charge in [-0.3, -0.25) is 14.5 Å². The lowest BCUT2D eigenvalue weighted by molar-refractivity contribution is -0.117. The van der Waals surface area contributed by atoms with E-state index in [2.05, 4.69) is 10.2 Å². The van der Waals surface area contributed by atoms with Gasteiger partial charge in [0.2, 0.25) is 5.13 Å². The summed E-state index contributed by atoms with van der Waals surface area (Å²) in [5.74, 6) is -1.06. The number of aromatic nitrogens is 2. The molecule has 1 aliphatic rings. The Balaban J connectivity index is 1.43. The topological polar surface area (TPSA) is 83.4 Å². The number of hydrogen-bond donors (Lipinski definition) is 1. The molecule has 1 N–H and O–H groups in total. The zero-order valence-electron chi connectivity index (χ0n) is 19.3. The van der Waals surface area contributed by atoms with Gasteiger partial charge in [-0.2, -0.15) is 0 Å². The van der Waals surface area contributed by atoms with Crippen molar-refractivity contribution in [2.24, 2.45) is 0 Å². The SMILES string of the molecule is O=C(C=Cc1ccccc1)C1=C(O)C(=O)N(c2nnc(SCc3ccc(Cl)cc3)s2)C1c1ccccc1. The van der Waals surface area contributed by atoms with Crippen molar-refractivity contribution >= 4 is 57.6 Å². The van der Waals surface area contributed by atoms with E-state index in [0.717, 1.165) is 11.1 Å². The van der Waals surface area contributed by atoms with Crippen molar-refractivity contribution < 1.29 is 14.7 Å². The number of anilines is 1. The lowest BCUT2D eigenvalue weighted by Crippen LogP contribution is -2.30. The summed E-state index contributed by atoms with van der Waals surface area (Å²) in [6.45, 7) is 0. The van der Waals surface area contributed by atoms with Crippen LogP contribution in [0.1, 0.15) is 22.7 Å². The summed E-state index contributed by atoms with van der Waals surface area (Å²) in [7, 11) is 0. The number of aliphatic hydroxyl groups is 1. The number of amides is 1. The first-order valence-electron chi connectivity index (χ1n) is 11.3. The van der Waals surface area contributed by atoms with Crippen LogP contribution in [0.2, 0.25) is 5.02 Å². The second kappa shape index (κ2) is 11.1. The maximum atomic E-state index is 13.3. The Morgan fingerprint density at radius 3 is 2.38 bits per heavy atom. The van der Waals surface area contributed by atoms with E-state index in [1.807, 2.05) is 84.9 Å². The van der Waals surface area contributed by atoms with Gasteiger partial charge in [0.1, 0.15) is 0 Å². The maximum absolute atomic E-state index is 13.3. The number of rotatable bonds is 8. The molecule has 0 saturated heterocycles. The van der Waals surface area contributed by atoms with Crippen molar-refractivity contribution in [2.45, 2.75) is 16.1 Å². The third-order valence-corrected chi connectivity index (χ3v) is 8.07. The van der Waals surface area contributed by atoms with E-state index < -0.39 is 23.5 Å². The van der Waals surface area contributed by atoms with Gasteiger partial charge in [-0.15, -0.1) is 10.2 Å². The number of nitrogens with zero attached hydrogens (tertiary/aromatic N) is 3. The number of carbonyl (C=O) groups is 2. The van der Waals surface area contributed by atoms with Gasteiger partial charge in [0.25, 0.3) is 5.91 Å². The average Bonchev–Trinajstić information content (AvgIpc) is 3.50. The molecule has 1 aromatic heterocycles. The van der Waals surface area contributed by atoms with E-state index in [1.54, 1.807) is 6.08 Å². The predicted molar refractivity (Wildman–Crippen MR) is 148 cm³/mol. The second-order valence-corrected chi connectivity index (χ2v) is 10.7. The second-order valence-electron chi connectivity index (χ2n) is 8.12. The molecule has 3 aromatic carbocycles. The summed E-state index contributed by atoms with van der Waals surface area (Å²) in [4.78, 5) is 27.9. The molecule has 1 atom stereocenters. The molecule has 4 aromatic rings. The minimum absolute atomic E-state index is 0.00829. The molecule has 2 heterocycles. The molecule has 184 valence electrons. The minimum atomic E-state index is -0.830. The first-order valence-corrected chi connectivity index (χ1v) is 13.5. The van der Waals surface area contributed by atoms with Crippen molar-refractivity contribution in [1.82, 2.24) is 10.2 Å². The van der Waals surface area contributed by atoms with E-state index in [1.165, 1.54) is 34.1 Å². The molecular formula is C28H20ClN3O3S2. The highest BCUT2D eigenvalue weighted by Gasteiger charge is 2.45. The Morgan fingerprint density at radius 2 is 1.68 bits per heavy atom.